The summed E-state index contributed by atoms with van der Waals surface area (Å²) in [6.07, 6.45) is 0.459. The molecule has 1 aromatic carbocycles. The fraction of sp³-hybridized carbons (Fsp3) is 0.435. The van der Waals surface area contributed by atoms with Crippen molar-refractivity contribution in [1.82, 2.24) is 25.2 Å². The van der Waals surface area contributed by atoms with Crippen molar-refractivity contribution in [3.63, 3.8) is 0 Å². The second-order valence-corrected chi connectivity index (χ2v) is 8.63. The number of hydrogen-bond acceptors (Lipinski definition) is 8. The number of ether oxygens (including phenoxy) is 1. The molecular weight excluding hydrogens is 408 g/mol. The van der Waals surface area contributed by atoms with E-state index in [1.807, 2.05) is 32.9 Å². The number of fused-ring (bicyclic) bond motifs is 3. The van der Waals surface area contributed by atoms with Crippen LogP contribution in [0, 0.1) is 26.7 Å². The maximum Gasteiger partial charge on any atom is 0.144 e. The number of rotatable bonds is 7. The van der Waals surface area contributed by atoms with Crippen molar-refractivity contribution in [2.24, 2.45) is 5.92 Å². The first-order valence-corrected chi connectivity index (χ1v) is 10.7. The molecule has 3 aromatic heterocycles. The molecule has 0 aliphatic rings. The molecule has 3 heterocycles. The Bertz CT molecular complexity index is 1250. The number of benzene rings is 1. The maximum atomic E-state index is 10.2. The van der Waals surface area contributed by atoms with Gasteiger partial charge in [-0.25, -0.2) is 9.97 Å². The summed E-state index contributed by atoms with van der Waals surface area (Å²) in [5.74, 6) is 3.13. The molecule has 0 amide bonds. The van der Waals surface area contributed by atoms with E-state index < -0.39 is 0 Å². The highest BCUT2D eigenvalue weighted by Gasteiger charge is 2.22. The summed E-state index contributed by atoms with van der Waals surface area (Å²) in [4.78, 5) is 12.7. The van der Waals surface area contributed by atoms with Crippen LogP contribution in [0.25, 0.3) is 33.1 Å². The number of nitrogens with one attached hydrogen (secondary N) is 2. The van der Waals surface area contributed by atoms with Gasteiger partial charge in [-0.2, -0.15) is 5.06 Å². The highest BCUT2D eigenvalue weighted by atomic mass is 16.5. The van der Waals surface area contributed by atoms with Crippen LogP contribution in [0.3, 0.4) is 0 Å². The lowest BCUT2D eigenvalue weighted by molar-refractivity contribution is -0.0983. The Kier molecular flexibility index (Phi) is 5.79. The number of methoxy groups -OCH3 is 1. The number of hydroxylamine groups is 2. The molecule has 0 saturated heterocycles. The first kappa shape index (κ1) is 22.0. The van der Waals surface area contributed by atoms with Crippen LogP contribution in [0.5, 0.6) is 5.75 Å². The first-order chi connectivity index (χ1) is 15.2. The molecule has 0 fully saturated rings. The first-order valence-electron chi connectivity index (χ1n) is 10.7. The minimum absolute atomic E-state index is 0.291. The van der Waals surface area contributed by atoms with Crippen molar-refractivity contribution in [2.45, 2.75) is 47.2 Å². The Morgan fingerprint density at radius 3 is 2.56 bits per heavy atom. The van der Waals surface area contributed by atoms with E-state index in [0.717, 1.165) is 50.9 Å². The molecule has 4 rings (SSSR count). The van der Waals surface area contributed by atoms with Gasteiger partial charge in [0.15, 0.2) is 0 Å². The van der Waals surface area contributed by atoms with Crippen LogP contribution in [0.4, 0.5) is 5.82 Å². The summed E-state index contributed by atoms with van der Waals surface area (Å²) in [5, 5.41) is 20.7. The SMILES string of the molecule is COc1cc2c(cc1-c1c(C)noc1C)[nH]c1nc(C)nc(N[C@@H](CC(C)C)N(C)O)c12. The van der Waals surface area contributed by atoms with Crippen LogP contribution in [-0.4, -0.2) is 50.7 Å². The van der Waals surface area contributed by atoms with Crippen molar-refractivity contribution < 1.29 is 14.5 Å². The molecule has 32 heavy (non-hydrogen) atoms. The van der Waals surface area contributed by atoms with Crippen molar-refractivity contribution >= 4 is 27.8 Å². The van der Waals surface area contributed by atoms with Gasteiger partial charge >= 0.3 is 0 Å². The fourth-order valence-corrected chi connectivity index (χ4v) is 4.18. The zero-order chi connectivity index (χ0) is 23.2. The number of anilines is 1. The Morgan fingerprint density at radius 2 is 1.97 bits per heavy atom. The second kappa shape index (κ2) is 8.40. The molecule has 4 aromatic rings. The van der Waals surface area contributed by atoms with Gasteiger partial charge in [-0.05, 0) is 45.2 Å². The molecule has 0 aliphatic carbocycles. The second-order valence-electron chi connectivity index (χ2n) is 8.63. The van der Waals surface area contributed by atoms with Gasteiger partial charge in [-0.1, -0.05) is 19.0 Å². The molecule has 0 radical (unpaired) electrons. The third-order valence-electron chi connectivity index (χ3n) is 5.63. The maximum absolute atomic E-state index is 10.2. The summed E-state index contributed by atoms with van der Waals surface area (Å²) < 4.78 is 11.1. The normalized spacial score (nSPS) is 12.9. The van der Waals surface area contributed by atoms with Crippen LogP contribution in [-0.2, 0) is 0 Å². The minimum atomic E-state index is -0.291. The summed E-state index contributed by atoms with van der Waals surface area (Å²) in [6.45, 7) is 9.89. The van der Waals surface area contributed by atoms with Crippen molar-refractivity contribution in [1.29, 1.82) is 0 Å². The highest BCUT2D eigenvalue weighted by Crippen LogP contribution is 2.40. The minimum Gasteiger partial charge on any atom is -0.496 e. The van der Waals surface area contributed by atoms with Gasteiger partial charge in [0.25, 0.3) is 0 Å². The van der Waals surface area contributed by atoms with E-state index in [2.05, 4.69) is 39.3 Å². The molecule has 0 unspecified atom stereocenters. The molecule has 170 valence electrons. The Morgan fingerprint density at radius 1 is 1.22 bits per heavy atom. The van der Waals surface area contributed by atoms with Gasteiger partial charge in [0, 0.05) is 23.5 Å². The lowest BCUT2D eigenvalue weighted by atomic mass is 10.0. The largest absolute Gasteiger partial charge is 0.496 e. The molecule has 0 spiro atoms. The van der Waals surface area contributed by atoms with E-state index in [-0.39, 0.29) is 6.17 Å². The van der Waals surface area contributed by atoms with E-state index in [4.69, 9.17) is 9.26 Å². The fourth-order valence-electron chi connectivity index (χ4n) is 4.18. The van der Waals surface area contributed by atoms with Gasteiger partial charge in [0.1, 0.15) is 35.0 Å². The predicted octanol–water partition coefficient (Wildman–Crippen LogP) is 4.81. The molecule has 9 nitrogen and oxygen atoms in total. The lowest BCUT2D eigenvalue weighted by Crippen LogP contribution is -2.37. The Balaban J connectivity index is 1.93. The van der Waals surface area contributed by atoms with Crippen LogP contribution >= 0.6 is 0 Å². The van der Waals surface area contributed by atoms with E-state index in [1.165, 1.54) is 5.06 Å². The van der Waals surface area contributed by atoms with Crippen LogP contribution in [0.1, 0.15) is 37.5 Å². The number of aryl methyl sites for hydroxylation is 3. The summed E-state index contributed by atoms with van der Waals surface area (Å²) in [7, 11) is 3.29. The van der Waals surface area contributed by atoms with Crippen molar-refractivity contribution in [3.8, 4) is 16.9 Å². The number of aromatic amines is 1. The molecule has 1 atom stereocenters. The highest BCUT2D eigenvalue weighted by molar-refractivity contribution is 6.12. The van der Waals surface area contributed by atoms with Crippen LogP contribution in [0.2, 0.25) is 0 Å². The van der Waals surface area contributed by atoms with E-state index in [0.29, 0.717) is 23.3 Å². The summed E-state index contributed by atoms with van der Waals surface area (Å²) in [6, 6.07) is 4.02. The van der Waals surface area contributed by atoms with Gasteiger partial charge in [-0.15, -0.1) is 0 Å². The molecule has 0 bridgehead atoms. The third kappa shape index (κ3) is 3.89. The topological polar surface area (TPSA) is 112 Å². The van der Waals surface area contributed by atoms with E-state index in [1.54, 1.807) is 14.2 Å². The number of nitrogens with zero attached hydrogens (tertiary/aromatic N) is 4. The smallest absolute Gasteiger partial charge is 0.144 e. The van der Waals surface area contributed by atoms with Crippen molar-refractivity contribution in [3.05, 3.63) is 29.4 Å². The Hall–Kier alpha value is -3.17. The van der Waals surface area contributed by atoms with Crippen LogP contribution < -0.4 is 10.1 Å². The van der Waals surface area contributed by atoms with Gasteiger partial charge in [-0.3, -0.25) is 0 Å². The Labute approximate surface area is 186 Å². The van der Waals surface area contributed by atoms with Crippen LogP contribution in [0.15, 0.2) is 16.7 Å². The lowest BCUT2D eigenvalue weighted by Gasteiger charge is -2.26. The molecule has 9 heteroatoms. The number of hydrogen-bond donors (Lipinski definition) is 3. The molecular formula is C23H30N6O3. The standard InChI is InChI=1S/C23H30N6O3/c1-11(2)8-19(29(6)30)27-23-21-15-10-18(31-7)16(20-12(3)28-32-13(20)4)9-17(15)26-22(21)24-14(5)25-23/h9-11,19,30H,8H2,1-7H3,(H2,24,25,26,27)/t19-/m1/s1. The third-order valence-corrected chi connectivity index (χ3v) is 5.63. The monoisotopic (exact) mass is 438 g/mol. The number of H-pyrrole nitrogens is 1. The zero-order valence-corrected chi connectivity index (χ0v) is 19.6. The average Bonchev–Trinajstić information content (AvgIpc) is 3.24. The zero-order valence-electron chi connectivity index (χ0n) is 19.6. The quantitative estimate of drug-likeness (QED) is 0.278. The van der Waals surface area contributed by atoms with Gasteiger partial charge in [0.05, 0.1) is 23.8 Å². The molecule has 3 N–H and O–H groups in total. The molecule has 0 saturated carbocycles. The van der Waals surface area contributed by atoms with E-state index >= 15 is 0 Å². The van der Waals surface area contributed by atoms with Gasteiger partial charge < -0.3 is 24.8 Å². The average molecular weight is 439 g/mol. The molecule has 0 aliphatic heterocycles. The van der Waals surface area contributed by atoms with Gasteiger partial charge in [0.2, 0.25) is 0 Å². The summed E-state index contributed by atoms with van der Waals surface area (Å²) in [5.41, 5.74) is 4.24. The van der Waals surface area contributed by atoms with E-state index in [9.17, 15) is 5.21 Å². The predicted molar refractivity (Wildman–Crippen MR) is 124 cm³/mol. The summed E-state index contributed by atoms with van der Waals surface area (Å²) >= 11 is 0. The number of aromatic nitrogens is 4. The van der Waals surface area contributed by atoms with Crippen molar-refractivity contribution in [2.75, 3.05) is 19.5 Å².